The Hall–Kier alpha value is -2.37. The van der Waals surface area contributed by atoms with Crippen LogP contribution in [-0.2, 0) is 16.8 Å². The summed E-state index contributed by atoms with van der Waals surface area (Å²) in [6.45, 7) is 0.953. The Morgan fingerprint density at radius 2 is 2.15 bits per heavy atom. The van der Waals surface area contributed by atoms with E-state index in [2.05, 4.69) is 20.4 Å². The fourth-order valence-electron chi connectivity index (χ4n) is 2.83. The molecule has 2 aromatic heterocycles. The fraction of sp³-hybridized carbons (Fsp3) is 0.467. The van der Waals surface area contributed by atoms with Gasteiger partial charge in [-0.2, -0.15) is 22.1 Å². The third-order valence-corrected chi connectivity index (χ3v) is 6.05. The highest BCUT2D eigenvalue weighted by Crippen LogP contribution is 2.25. The molecule has 1 aliphatic rings. The monoisotopic (exact) mass is 379 g/mol. The largest absolute Gasteiger partial charge is 0.351 e. The Morgan fingerprint density at radius 1 is 1.35 bits per heavy atom. The van der Waals surface area contributed by atoms with Crippen LogP contribution in [0.25, 0.3) is 0 Å². The van der Waals surface area contributed by atoms with E-state index in [4.69, 9.17) is 0 Å². The minimum absolute atomic E-state index is 0.161. The van der Waals surface area contributed by atoms with E-state index in [0.29, 0.717) is 19.5 Å². The molecule has 10 nitrogen and oxygen atoms in total. The standard InChI is InChI=1S/C15H21N7O3S/c1-20(2)26(24,25)21-10-12(22-13(11-21)4-6-19-22)3-5-18-15(23)14-9-16-7-8-17-14/h4,6-9,12H,3,5,10-11H2,1-2H3,(H,18,23)/t12-/m1/s1. The van der Waals surface area contributed by atoms with E-state index in [1.807, 2.05) is 10.7 Å². The molecule has 3 heterocycles. The molecule has 2 aromatic rings. The number of hydrogen-bond acceptors (Lipinski definition) is 6. The smallest absolute Gasteiger partial charge is 0.281 e. The number of carbonyl (C=O) groups excluding carboxylic acids is 1. The van der Waals surface area contributed by atoms with Gasteiger partial charge in [-0.25, -0.2) is 4.98 Å². The van der Waals surface area contributed by atoms with Crippen molar-refractivity contribution in [3.63, 3.8) is 0 Å². The van der Waals surface area contributed by atoms with E-state index in [9.17, 15) is 13.2 Å². The SMILES string of the molecule is CN(C)S(=O)(=O)N1Cc2ccnn2[C@H](CCNC(=O)c2cnccn2)C1. The van der Waals surface area contributed by atoms with Crippen molar-refractivity contribution < 1.29 is 13.2 Å². The van der Waals surface area contributed by atoms with Gasteiger partial charge in [0.05, 0.1) is 24.5 Å². The summed E-state index contributed by atoms with van der Waals surface area (Å²) < 4.78 is 29.4. The molecule has 1 aliphatic heterocycles. The second kappa shape index (κ2) is 7.48. The number of amides is 1. The average Bonchev–Trinajstić information content (AvgIpc) is 3.11. The Morgan fingerprint density at radius 3 is 2.85 bits per heavy atom. The zero-order valence-corrected chi connectivity index (χ0v) is 15.4. The Bertz CT molecular complexity index is 866. The van der Waals surface area contributed by atoms with Gasteiger partial charge < -0.3 is 5.32 Å². The normalized spacial score (nSPS) is 17.9. The molecular weight excluding hydrogens is 358 g/mol. The molecule has 0 aliphatic carbocycles. The average molecular weight is 379 g/mol. The molecule has 0 radical (unpaired) electrons. The fourth-order valence-corrected chi connectivity index (χ4v) is 3.95. The lowest BCUT2D eigenvalue weighted by Crippen LogP contribution is -2.46. The highest BCUT2D eigenvalue weighted by Gasteiger charge is 2.33. The second-order valence-electron chi connectivity index (χ2n) is 6.14. The van der Waals surface area contributed by atoms with Crippen LogP contribution in [0.4, 0.5) is 0 Å². The van der Waals surface area contributed by atoms with Crippen molar-refractivity contribution >= 4 is 16.1 Å². The van der Waals surface area contributed by atoms with Crippen molar-refractivity contribution in [2.24, 2.45) is 0 Å². The van der Waals surface area contributed by atoms with Gasteiger partial charge in [-0.15, -0.1) is 0 Å². The summed E-state index contributed by atoms with van der Waals surface area (Å²) in [4.78, 5) is 19.9. The van der Waals surface area contributed by atoms with E-state index in [1.54, 1.807) is 6.20 Å². The molecule has 3 rings (SSSR count). The molecule has 0 aromatic carbocycles. The number of nitrogens with zero attached hydrogens (tertiary/aromatic N) is 6. The van der Waals surface area contributed by atoms with Crippen LogP contribution >= 0.6 is 0 Å². The van der Waals surface area contributed by atoms with Gasteiger partial charge in [-0.1, -0.05) is 0 Å². The van der Waals surface area contributed by atoms with Gasteiger partial charge >= 0.3 is 0 Å². The number of rotatable bonds is 6. The first-order valence-corrected chi connectivity index (χ1v) is 9.53. The first-order chi connectivity index (χ1) is 12.4. The van der Waals surface area contributed by atoms with Gasteiger partial charge in [-0.3, -0.25) is 14.5 Å². The molecule has 0 bridgehead atoms. The first-order valence-electron chi connectivity index (χ1n) is 8.14. The lowest BCUT2D eigenvalue weighted by Gasteiger charge is -2.34. The van der Waals surface area contributed by atoms with Crippen molar-refractivity contribution in [1.82, 2.24) is 33.7 Å². The van der Waals surface area contributed by atoms with E-state index in [0.717, 1.165) is 5.69 Å². The van der Waals surface area contributed by atoms with Crippen molar-refractivity contribution in [1.29, 1.82) is 0 Å². The molecule has 26 heavy (non-hydrogen) atoms. The highest BCUT2D eigenvalue weighted by atomic mass is 32.2. The lowest BCUT2D eigenvalue weighted by molar-refractivity contribution is 0.0944. The maximum atomic E-state index is 12.5. The first kappa shape index (κ1) is 18.4. The maximum absolute atomic E-state index is 12.5. The Balaban J connectivity index is 1.66. The summed E-state index contributed by atoms with van der Waals surface area (Å²) in [5, 5.41) is 7.09. The maximum Gasteiger partial charge on any atom is 0.281 e. The van der Waals surface area contributed by atoms with E-state index < -0.39 is 10.2 Å². The summed E-state index contributed by atoms with van der Waals surface area (Å²) in [5.41, 5.74) is 1.07. The van der Waals surface area contributed by atoms with Gasteiger partial charge in [0.2, 0.25) is 0 Å². The third-order valence-electron chi connectivity index (χ3n) is 4.20. The number of fused-ring (bicyclic) bond motifs is 1. The van der Waals surface area contributed by atoms with E-state index in [-0.39, 0.29) is 24.2 Å². The summed E-state index contributed by atoms with van der Waals surface area (Å²) >= 11 is 0. The minimum Gasteiger partial charge on any atom is -0.351 e. The topological polar surface area (TPSA) is 113 Å². The summed E-state index contributed by atoms with van der Waals surface area (Å²) in [7, 11) is -0.495. The summed E-state index contributed by atoms with van der Waals surface area (Å²) in [6, 6.07) is 1.65. The zero-order chi connectivity index (χ0) is 18.7. The van der Waals surface area contributed by atoms with Crippen LogP contribution in [0, 0.1) is 0 Å². The molecule has 0 fully saturated rings. The second-order valence-corrected chi connectivity index (χ2v) is 8.28. The van der Waals surface area contributed by atoms with Gasteiger partial charge in [0.15, 0.2) is 0 Å². The van der Waals surface area contributed by atoms with Gasteiger partial charge in [0.1, 0.15) is 5.69 Å². The Labute approximate surface area is 152 Å². The quantitative estimate of drug-likeness (QED) is 0.734. The van der Waals surface area contributed by atoms with Crippen LogP contribution in [0.15, 0.2) is 30.9 Å². The molecule has 140 valence electrons. The third kappa shape index (κ3) is 3.74. The molecule has 1 N–H and O–H groups in total. The molecule has 0 saturated carbocycles. The van der Waals surface area contributed by atoms with E-state index >= 15 is 0 Å². The van der Waals surface area contributed by atoms with Gasteiger partial charge in [-0.05, 0) is 12.5 Å². The summed E-state index contributed by atoms with van der Waals surface area (Å²) in [5.74, 6) is -0.313. The van der Waals surface area contributed by atoms with Crippen LogP contribution < -0.4 is 5.32 Å². The molecule has 1 atom stereocenters. The number of aromatic nitrogens is 4. The van der Waals surface area contributed by atoms with Crippen molar-refractivity contribution in [3.8, 4) is 0 Å². The molecule has 1 amide bonds. The van der Waals surface area contributed by atoms with E-state index in [1.165, 1.54) is 41.3 Å². The van der Waals surface area contributed by atoms with Crippen molar-refractivity contribution in [2.45, 2.75) is 19.0 Å². The lowest BCUT2D eigenvalue weighted by atomic mass is 10.1. The van der Waals surface area contributed by atoms with Crippen LogP contribution in [0.5, 0.6) is 0 Å². The molecule has 11 heteroatoms. The molecule has 0 saturated heterocycles. The molecule has 0 unspecified atom stereocenters. The minimum atomic E-state index is -3.52. The number of hydrogen-bond donors (Lipinski definition) is 1. The van der Waals surface area contributed by atoms with Gasteiger partial charge in [0, 0.05) is 45.8 Å². The number of nitrogens with one attached hydrogen (secondary N) is 1. The zero-order valence-electron chi connectivity index (χ0n) is 14.6. The summed E-state index contributed by atoms with van der Waals surface area (Å²) in [6.07, 6.45) is 6.55. The van der Waals surface area contributed by atoms with Crippen LogP contribution in [-0.4, -0.2) is 69.9 Å². The predicted molar refractivity (Wildman–Crippen MR) is 93.3 cm³/mol. The van der Waals surface area contributed by atoms with Gasteiger partial charge in [0.25, 0.3) is 16.1 Å². The molecular formula is C15H21N7O3S. The predicted octanol–water partition coefficient (Wildman–Crippen LogP) is -0.344. The Kier molecular flexibility index (Phi) is 5.30. The van der Waals surface area contributed by atoms with Crippen molar-refractivity contribution in [2.75, 3.05) is 27.2 Å². The highest BCUT2D eigenvalue weighted by molar-refractivity contribution is 7.86. The number of carbonyl (C=O) groups is 1. The van der Waals surface area contributed by atoms with Crippen LogP contribution in [0.2, 0.25) is 0 Å². The van der Waals surface area contributed by atoms with Crippen LogP contribution in [0.3, 0.4) is 0 Å². The van der Waals surface area contributed by atoms with Crippen molar-refractivity contribution in [3.05, 3.63) is 42.2 Å². The van der Waals surface area contributed by atoms with Crippen LogP contribution in [0.1, 0.15) is 28.6 Å². The molecule has 0 spiro atoms.